The second-order valence-electron chi connectivity index (χ2n) is 4.45. The molecule has 0 amide bonds. The summed E-state index contributed by atoms with van der Waals surface area (Å²) in [4.78, 5) is 10.7. The van der Waals surface area contributed by atoms with Crippen molar-refractivity contribution in [2.45, 2.75) is 33.1 Å². The van der Waals surface area contributed by atoms with Gasteiger partial charge < -0.3 is 5.11 Å². The summed E-state index contributed by atoms with van der Waals surface area (Å²) in [6.07, 6.45) is 0.366. The van der Waals surface area contributed by atoms with Gasteiger partial charge >= 0.3 is 5.97 Å². The lowest BCUT2D eigenvalue weighted by atomic mass is 9.96. The van der Waals surface area contributed by atoms with E-state index in [0.717, 1.165) is 5.56 Å². The fourth-order valence-electron chi connectivity index (χ4n) is 1.61. The van der Waals surface area contributed by atoms with Gasteiger partial charge in [-0.05, 0) is 29.5 Å². The van der Waals surface area contributed by atoms with Gasteiger partial charge in [0, 0.05) is 0 Å². The normalized spacial score (nSPS) is 12.8. The van der Waals surface area contributed by atoms with Crippen LogP contribution < -0.4 is 0 Å². The highest BCUT2D eigenvalue weighted by atomic mass is 19.1. The molecule has 1 atom stereocenters. The topological polar surface area (TPSA) is 37.3 Å². The summed E-state index contributed by atoms with van der Waals surface area (Å²) >= 11 is 0. The van der Waals surface area contributed by atoms with Gasteiger partial charge in [-0.25, -0.2) is 4.39 Å². The Balaban J connectivity index is 2.85. The molecule has 0 spiro atoms. The second-order valence-corrected chi connectivity index (χ2v) is 4.45. The Kier molecular flexibility index (Phi) is 4.05. The summed E-state index contributed by atoms with van der Waals surface area (Å²) in [6, 6.07) is 4.98. The number of halogens is 1. The molecule has 0 radical (unpaired) electrons. The van der Waals surface area contributed by atoms with Crippen molar-refractivity contribution in [3.63, 3.8) is 0 Å². The van der Waals surface area contributed by atoms with Crippen molar-refractivity contribution in [2.75, 3.05) is 0 Å². The minimum Gasteiger partial charge on any atom is -0.481 e. The van der Waals surface area contributed by atoms with E-state index in [0.29, 0.717) is 12.0 Å². The molecule has 0 heterocycles. The lowest BCUT2D eigenvalue weighted by molar-refractivity contribution is -0.141. The first-order valence-corrected chi connectivity index (χ1v) is 5.43. The number of rotatable bonds is 4. The molecule has 0 saturated carbocycles. The van der Waals surface area contributed by atoms with E-state index >= 15 is 0 Å². The molecule has 88 valence electrons. The van der Waals surface area contributed by atoms with Gasteiger partial charge in [0.2, 0.25) is 0 Å². The zero-order valence-electron chi connectivity index (χ0n) is 9.83. The van der Waals surface area contributed by atoms with E-state index in [1.807, 2.05) is 13.8 Å². The summed E-state index contributed by atoms with van der Waals surface area (Å²) in [7, 11) is 0. The van der Waals surface area contributed by atoms with Gasteiger partial charge in [-0.1, -0.05) is 32.9 Å². The Labute approximate surface area is 95.1 Å². The van der Waals surface area contributed by atoms with Crippen molar-refractivity contribution in [3.8, 4) is 0 Å². The average molecular weight is 224 g/mol. The van der Waals surface area contributed by atoms with Crippen LogP contribution in [0.2, 0.25) is 0 Å². The number of hydrogen-bond acceptors (Lipinski definition) is 1. The van der Waals surface area contributed by atoms with Crippen LogP contribution in [-0.2, 0) is 11.2 Å². The zero-order chi connectivity index (χ0) is 12.3. The molecule has 16 heavy (non-hydrogen) atoms. The van der Waals surface area contributed by atoms with E-state index in [2.05, 4.69) is 0 Å². The van der Waals surface area contributed by atoms with Gasteiger partial charge in [0.25, 0.3) is 0 Å². The molecule has 0 aliphatic carbocycles. The molecule has 1 unspecified atom stereocenters. The number of carbonyl (C=O) groups is 1. The number of carboxylic acids is 1. The van der Waals surface area contributed by atoms with Crippen molar-refractivity contribution in [1.82, 2.24) is 0 Å². The standard InChI is InChI=1S/C13H17FO2/c1-8(2)11-5-4-10(7-12(11)14)6-9(3)13(15)16/h4-5,7-9H,6H2,1-3H3,(H,15,16). The minimum absolute atomic E-state index is 0.144. The van der Waals surface area contributed by atoms with Gasteiger partial charge in [-0.15, -0.1) is 0 Å². The molecule has 1 aromatic carbocycles. The van der Waals surface area contributed by atoms with E-state index in [1.54, 1.807) is 19.1 Å². The molecule has 1 N–H and O–H groups in total. The van der Waals surface area contributed by atoms with Crippen LogP contribution in [0.5, 0.6) is 0 Å². The Morgan fingerprint density at radius 3 is 2.44 bits per heavy atom. The molecule has 0 aromatic heterocycles. The first-order chi connectivity index (χ1) is 7.41. The summed E-state index contributed by atoms with van der Waals surface area (Å²) in [5.41, 5.74) is 1.41. The predicted molar refractivity (Wildman–Crippen MR) is 61.0 cm³/mol. The fourth-order valence-corrected chi connectivity index (χ4v) is 1.61. The van der Waals surface area contributed by atoms with E-state index in [1.165, 1.54) is 6.07 Å². The zero-order valence-corrected chi connectivity index (χ0v) is 9.83. The van der Waals surface area contributed by atoms with Crippen LogP contribution in [0.3, 0.4) is 0 Å². The molecule has 2 nitrogen and oxygen atoms in total. The first-order valence-electron chi connectivity index (χ1n) is 5.43. The average Bonchev–Trinajstić information content (AvgIpc) is 2.16. The number of aliphatic carboxylic acids is 1. The smallest absolute Gasteiger partial charge is 0.306 e. The van der Waals surface area contributed by atoms with Gasteiger partial charge in [0.15, 0.2) is 0 Å². The molecule has 1 aromatic rings. The van der Waals surface area contributed by atoms with Crippen molar-refractivity contribution in [3.05, 3.63) is 35.1 Å². The van der Waals surface area contributed by atoms with E-state index in [9.17, 15) is 9.18 Å². The van der Waals surface area contributed by atoms with Crippen molar-refractivity contribution in [1.29, 1.82) is 0 Å². The third-order valence-corrected chi connectivity index (χ3v) is 2.65. The predicted octanol–water partition coefficient (Wildman–Crippen LogP) is 3.21. The summed E-state index contributed by atoms with van der Waals surface area (Å²) < 4.78 is 13.6. The SMILES string of the molecule is CC(Cc1ccc(C(C)C)c(F)c1)C(=O)O. The van der Waals surface area contributed by atoms with Crippen LogP contribution in [0.4, 0.5) is 4.39 Å². The minimum atomic E-state index is -0.853. The Bertz CT molecular complexity index is 386. The summed E-state index contributed by atoms with van der Waals surface area (Å²) in [5, 5.41) is 8.76. The van der Waals surface area contributed by atoms with Crippen LogP contribution in [-0.4, -0.2) is 11.1 Å². The largest absolute Gasteiger partial charge is 0.481 e. The Hall–Kier alpha value is -1.38. The quantitative estimate of drug-likeness (QED) is 0.852. The molecule has 0 fully saturated rings. The van der Waals surface area contributed by atoms with Crippen LogP contribution >= 0.6 is 0 Å². The van der Waals surface area contributed by atoms with Gasteiger partial charge in [-0.2, -0.15) is 0 Å². The summed E-state index contributed by atoms with van der Waals surface area (Å²) in [5.74, 6) is -1.44. The van der Waals surface area contributed by atoms with E-state index in [-0.39, 0.29) is 11.7 Å². The Morgan fingerprint density at radius 2 is 2.00 bits per heavy atom. The molecule has 0 bridgehead atoms. The monoisotopic (exact) mass is 224 g/mol. The highest BCUT2D eigenvalue weighted by Crippen LogP contribution is 2.20. The highest BCUT2D eigenvalue weighted by Gasteiger charge is 2.13. The van der Waals surface area contributed by atoms with Crippen molar-refractivity contribution >= 4 is 5.97 Å². The number of carboxylic acid groups (broad SMARTS) is 1. The third kappa shape index (κ3) is 3.05. The van der Waals surface area contributed by atoms with Gasteiger partial charge in [0.1, 0.15) is 5.82 Å². The molecular formula is C13H17FO2. The first kappa shape index (κ1) is 12.7. The van der Waals surface area contributed by atoms with Crippen molar-refractivity contribution < 1.29 is 14.3 Å². The molecule has 0 aliphatic heterocycles. The molecule has 0 aliphatic rings. The Morgan fingerprint density at radius 1 is 1.38 bits per heavy atom. The molecule has 3 heteroatoms. The fraction of sp³-hybridized carbons (Fsp3) is 0.462. The highest BCUT2D eigenvalue weighted by molar-refractivity contribution is 5.69. The second kappa shape index (κ2) is 5.10. The van der Waals surface area contributed by atoms with E-state index < -0.39 is 11.9 Å². The van der Waals surface area contributed by atoms with Crippen LogP contribution in [0.15, 0.2) is 18.2 Å². The number of hydrogen-bond donors (Lipinski definition) is 1. The van der Waals surface area contributed by atoms with Crippen molar-refractivity contribution in [2.24, 2.45) is 5.92 Å². The lowest BCUT2D eigenvalue weighted by Gasteiger charge is -2.10. The maximum absolute atomic E-state index is 13.6. The van der Waals surface area contributed by atoms with Crippen LogP contribution in [0, 0.1) is 11.7 Å². The summed E-state index contributed by atoms with van der Waals surface area (Å²) in [6.45, 7) is 5.48. The maximum atomic E-state index is 13.6. The lowest BCUT2D eigenvalue weighted by Crippen LogP contribution is -2.12. The molecular weight excluding hydrogens is 207 g/mol. The van der Waals surface area contributed by atoms with Crippen LogP contribution in [0.25, 0.3) is 0 Å². The third-order valence-electron chi connectivity index (χ3n) is 2.65. The maximum Gasteiger partial charge on any atom is 0.306 e. The van der Waals surface area contributed by atoms with Crippen LogP contribution in [0.1, 0.15) is 37.8 Å². The molecule has 0 saturated heterocycles. The van der Waals surface area contributed by atoms with E-state index in [4.69, 9.17) is 5.11 Å². The molecule has 1 rings (SSSR count). The van der Waals surface area contributed by atoms with Gasteiger partial charge in [0.05, 0.1) is 5.92 Å². The number of benzene rings is 1. The van der Waals surface area contributed by atoms with Gasteiger partial charge in [-0.3, -0.25) is 4.79 Å².